The summed E-state index contributed by atoms with van der Waals surface area (Å²) >= 11 is 0. The molecule has 356 valence electrons. The number of ether oxygens (including phenoxy) is 2. The van der Waals surface area contributed by atoms with Crippen LogP contribution in [0, 0.1) is 11.8 Å². The Morgan fingerprint density at radius 3 is 2.57 bits per heavy atom. The molecule has 3 fully saturated rings. The van der Waals surface area contributed by atoms with Crippen LogP contribution in [0.1, 0.15) is 116 Å². The average molecular weight is 917 g/mol. The van der Waals surface area contributed by atoms with Crippen molar-refractivity contribution in [3.05, 3.63) is 64.8 Å². The van der Waals surface area contributed by atoms with Gasteiger partial charge in [0.25, 0.3) is 11.8 Å². The topological polar surface area (TPSA) is 191 Å². The molecule has 0 spiro atoms. The summed E-state index contributed by atoms with van der Waals surface area (Å²) in [6.45, 7) is 8.19. The number of fused-ring (bicyclic) bond motifs is 2. The number of carbonyl (C=O) groups excluding carboxylic acids is 5. The van der Waals surface area contributed by atoms with E-state index in [1.165, 1.54) is 0 Å². The van der Waals surface area contributed by atoms with Crippen LogP contribution in [0.25, 0.3) is 0 Å². The van der Waals surface area contributed by atoms with E-state index in [1.54, 1.807) is 48.4 Å². The van der Waals surface area contributed by atoms with E-state index in [2.05, 4.69) is 47.9 Å². The van der Waals surface area contributed by atoms with Crippen molar-refractivity contribution in [3.8, 4) is 17.6 Å². The van der Waals surface area contributed by atoms with Gasteiger partial charge in [-0.05, 0) is 93.8 Å². The second-order valence-electron chi connectivity index (χ2n) is 18.1. The molecule has 2 aromatic carbocycles. The molecule has 4 aliphatic heterocycles. The van der Waals surface area contributed by atoms with Gasteiger partial charge in [-0.15, -0.1) is 0 Å². The summed E-state index contributed by atoms with van der Waals surface area (Å²) in [5, 5.41) is 12.4. The summed E-state index contributed by atoms with van der Waals surface area (Å²) < 4.78 is 11.6. The predicted molar refractivity (Wildman–Crippen MR) is 254 cm³/mol. The van der Waals surface area contributed by atoms with Crippen molar-refractivity contribution in [2.24, 2.45) is 0 Å². The van der Waals surface area contributed by atoms with Crippen molar-refractivity contribution in [1.29, 1.82) is 0 Å². The fraction of sp³-hybridized carbons (Fsp3) is 0.540. The van der Waals surface area contributed by atoms with Gasteiger partial charge in [-0.2, -0.15) is 4.98 Å². The normalized spacial score (nSPS) is 20.1. The Hall–Kier alpha value is -6.09. The Morgan fingerprint density at radius 1 is 0.985 bits per heavy atom. The van der Waals surface area contributed by atoms with Gasteiger partial charge in [-0.3, -0.25) is 29.3 Å². The first kappa shape index (κ1) is 47.4. The van der Waals surface area contributed by atoms with Gasteiger partial charge in [0.05, 0.1) is 19.0 Å². The molecule has 17 nitrogen and oxygen atoms in total. The molecule has 17 heteroatoms. The van der Waals surface area contributed by atoms with E-state index in [9.17, 15) is 24.0 Å². The van der Waals surface area contributed by atoms with E-state index < -0.39 is 11.9 Å². The van der Waals surface area contributed by atoms with Crippen molar-refractivity contribution >= 4 is 52.7 Å². The van der Waals surface area contributed by atoms with E-state index in [-0.39, 0.29) is 48.2 Å². The van der Waals surface area contributed by atoms with Crippen LogP contribution >= 0.6 is 0 Å². The molecule has 1 saturated carbocycles. The quantitative estimate of drug-likeness (QED) is 0.0793. The van der Waals surface area contributed by atoms with Gasteiger partial charge in [0.1, 0.15) is 23.5 Å². The number of benzene rings is 2. The first-order valence-electron chi connectivity index (χ1n) is 24.1. The number of piperidine rings is 2. The number of aromatic nitrogens is 2. The molecule has 1 aromatic heterocycles. The zero-order valence-electron chi connectivity index (χ0n) is 39.0. The van der Waals surface area contributed by atoms with Crippen LogP contribution < -0.4 is 35.8 Å². The molecule has 2 atom stereocenters. The van der Waals surface area contributed by atoms with Crippen molar-refractivity contribution in [2.75, 3.05) is 75.2 Å². The van der Waals surface area contributed by atoms with Crippen LogP contribution in [0.5, 0.6) is 5.75 Å². The molecule has 4 N–H and O–H groups in total. The molecule has 8 rings (SSSR count). The molecule has 0 bridgehead atoms. The number of amides is 5. The standard InChI is InChI=1S/C50H64N10O7/c1-4-40-49(65)57(2)42-31-52-50(56-45(42)60(40)36-14-7-8-15-36)54-39-18-17-34(30-43(39)66-3)46(62)53-35-21-25-58(26-22-35)27-24-51-23-11-29-67-28-9-5-6-12-33-13-10-16-37-38(33)32-59(48(37)64)41-19-20-44(61)55-47(41)63/h10,13,16-18,30-31,35-36,40-41,51H,4-5,7-9,11,14-15,19-29,32H2,1-3H3,(H,53,62)(H,52,54,56)(H,55,61,63)/t40-,41?/m1/s1. The van der Waals surface area contributed by atoms with Crippen LogP contribution in [0.15, 0.2) is 42.6 Å². The Kier molecular flexibility index (Phi) is 15.7. The third-order valence-corrected chi connectivity index (χ3v) is 13.7. The van der Waals surface area contributed by atoms with Gasteiger partial charge in [0.15, 0.2) is 5.82 Å². The summed E-state index contributed by atoms with van der Waals surface area (Å²) in [5.74, 6) is 7.13. The summed E-state index contributed by atoms with van der Waals surface area (Å²) in [6.07, 6.45) is 11.5. The van der Waals surface area contributed by atoms with Crippen molar-refractivity contribution in [3.63, 3.8) is 0 Å². The van der Waals surface area contributed by atoms with Gasteiger partial charge in [0.2, 0.25) is 23.7 Å². The number of nitrogens with zero attached hydrogens (tertiary/aromatic N) is 6. The molecule has 2 saturated heterocycles. The van der Waals surface area contributed by atoms with E-state index in [1.807, 2.05) is 25.1 Å². The average Bonchev–Trinajstić information content (AvgIpc) is 3.99. The molecule has 5 aliphatic rings. The molecule has 67 heavy (non-hydrogen) atoms. The lowest BCUT2D eigenvalue weighted by molar-refractivity contribution is -0.137. The summed E-state index contributed by atoms with van der Waals surface area (Å²) in [5.41, 5.74) is 4.06. The van der Waals surface area contributed by atoms with Crippen LogP contribution in [0.2, 0.25) is 0 Å². The van der Waals surface area contributed by atoms with Gasteiger partial charge in [0, 0.05) is 94.6 Å². The number of methoxy groups -OCH3 is 1. The molecule has 1 unspecified atom stereocenters. The summed E-state index contributed by atoms with van der Waals surface area (Å²) in [6, 6.07) is 10.3. The summed E-state index contributed by atoms with van der Waals surface area (Å²) in [7, 11) is 3.37. The number of nitrogens with one attached hydrogen (secondary N) is 4. The first-order valence-corrected chi connectivity index (χ1v) is 24.1. The molecule has 5 amide bonds. The number of imide groups is 1. The second kappa shape index (κ2) is 22.1. The molecular weight excluding hydrogens is 853 g/mol. The Balaban J connectivity index is 0.698. The number of unbranched alkanes of at least 4 members (excludes halogenated alkanes) is 1. The number of hydrogen-bond acceptors (Lipinski definition) is 13. The minimum absolute atomic E-state index is 0.0726. The maximum Gasteiger partial charge on any atom is 0.255 e. The van der Waals surface area contributed by atoms with E-state index >= 15 is 0 Å². The lowest BCUT2D eigenvalue weighted by atomic mass is 10.0. The third kappa shape index (κ3) is 11.0. The monoisotopic (exact) mass is 916 g/mol. The van der Waals surface area contributed by atoms with Gasteiger partial charge in [-0.25, -0.2) is 4.98 Å². The van der Waals surface area contributed by atoms with Crippen molar-refractivity contribution < 1.29 is 33.4 Å². The maximum atomic E-state index is 13.4. The van der Waals surface area contributed by atoms with E-state index in [4.69, 9.17) is 14.5 Å². The van der Waals surface area contributed by atoms with Crippen LogP contribution in [-0.4, -0.2) is 134 Å². The molecular formula is C50H64N10O7. The smallest absolute Gasteiger partial charge is 0.255 e. The fourth-order valence-electron chi connectivity index (χ4n) is 9.96. The number of anilines is 4. The van der Waals surface area contributed by atoms with Gasteiger partial charge < -0.3 is 45.0 Å². The number of hydrogen-bond donors (Lipinski definition) is 4. The predicted octanol–water partition coefficient (Wildman–Crippen LogP) is 4.52. The molecule has 3 aromatic rings. The van der Waals surface area contributed by atoms with Gasteiger partial charge in [-0.1, -0.05) is 37.7 Å². The van der Waals surface area contributed by atoms with Crippen molar-refractivity contribution in [1.82, 2.24) is 35.7 Å². The number of rotatable bonds is 18. The van der Waals surface area contributed by atoms with Crippen LogP contribution in [-0.2, 0) is 25.7 Å². The molecule has 1 aliphatic carbocycles. The second-order valence-corrected chi connectivity index (χ2v) is 18.1. The maximum absolute atomic E-state index is 13.4. The minimum atomic E-state index is -0.642. The fourth-order valence-corrected chi connectivity index (χ4v) is 9.96. The lowest BCUT2D eigenvalue weighted by Gasteiger charge is -2.43. The zero-order valence-corrected chi connectivity index (χ0v) is 39.0. The van der Waals surface area contributed by atoms with Crippen LogP contribution in [0.4, 0.5) is 23.1 Å². The Morgan fingerprint density at radius 2 is 1.79 bits per heavy atom. The number of likely N-dealkylation sites (N-methyl/N-ethyl adjacent to an activating group) is 1. The summed E-state index contributed by atoms with van der Waals surface area (Å²) in [4.78, 5) is 81.1. The van der Waals surface area contributed by atoms with Crippen molar-refractivity contribution in [2.45, 2.75) is 115 Å². The minimum Gasteiger partial charge on any atom is -0.495 e. The largest absolute Gasteiger partial charge is 0.495 e. The van der Waals surface area contributed by atoms with Gasteiger partial charge >= 0.3 is 0 Å². The van der Waals surface area contributed by atoms with E-state index in [0.717, 1.165) is 101 Å². The zero-order chi connectivity index (χ0) is 46.9. The third-order valence-electron chi connectivity index (χ3n) is 13.7. The highest BCUT2D eigenvalue weighted by atomic mass is 16.5. The highest BCUT2D eigenvalue weighted by Gasteiger charge is 2.42. The van der Waals surface area contributed by atoms with E-state index in [0.29, 0.717) is 73.2 Å². The molecule has 0 radical (unpaired) electrons. The Bertz CT molecular complexity index is 2370. The first-order chi connectivity index (χ1) is 32.6. The highest BCUT2D eigenvalue weighted by Crippen LogP contribution is 2.40. The SMILES string of the molecule is CC[C@@H]1C(=O)N(C)c2cnc(Nc3ccc(C(=O)NC4CCN(CCNCCCOCCCC#Cc5cccc6c5CN(C5CCC(=O)NC5=O)C6=O)CC4)cc3OC)nc2N1C1CCCC1. The van der Waals surface area contributed by atoms with Crippen LogP contribution in [0.3, 0.4) is 0 Å². The highest BCUT2D eigenvalue weighted by molar-refractivity contribution is 6.06. The number of carbonyl (C=O) groups is 5. The Labute approximate surface area is 393 Å². The number of likely N-dealkylation sites (tertiary alicyclic amines) is 1. The molecule has 5 heterocycles. The lowest BCUT2D eigenvalue weighted by Crippen LogP contribution is -2.55.